The first-order chi connectivity index (χ1) is 14.0. The molecule has 2 amide bonds. The number of halogens is 1. The van der Waals surface area contributed by atoms with Gasteiger partial charge in [-0.15, -0.1) is 0 Å². The highest BCUT2D eigenvalue weighted by molar-refractivity contribution is 6.32. The third-order valence-corrected chi connectivity index (χ3v) is 5.05. The molecule has 2 aromatic rings. The predicted octanol–water partition coefficient (Wildman–Crippen LogP) is 2.58. The van der Waals surface area contributed by atoms with Crippen LogP contribution in [0.4, 0.5) is 5.69 Å². The number of hydrogen-bond donors (Lipinski definition) is 1. The van der Waals surface area contributed by atoms with Crippen LogP contribution in [0.2, 0.25) is 5.02 Å². The lowest BCUT2D eigenvalue weighted by molar-refractivity contribution is -0.128. The van der Waals surface area contributed by atoms with Crippen molar-refractivity contribution in [3.63, 3.8) is 0 Å². The fraction of sp³-hybridized carbons (Fsp3) is 0.333. The van der Waals surface area contributed by atoms with Crippen molar-refractivity contribution in [3.05, 3.63) is 47.0 Å². The van der Waals surface area contributed by atoms with Gasteiger partial charge in [0.15, 0.2) is 17.6 Å². The highest BCUT2D eigenvalue weighted by Gasteiger charge is 2.32. The van der Waals surface area contributed by atoms with E-state index < -0.39 is 6.10 Å². The van der Waals surface area contributed by atoms with Crippen molar-refractivity contribution in [1.29, 1.82) is 0 Å². The van der Waals surface area contributed by atoms with E-state index in [0.29, 0.717) is 54.1 Å². The van der Waals surface area contributed by atoms with Gasteiger partial charge in [0.25, 0.3) is 5.91 Å². The third kappa shape index (κ3) is 4.10. The molecule has 2 aliphatic rings. The number of nitrogens with one attached hydrogen (secondary N) is 1. The third-order valence-electron chi connectivity index (χ3n) is 4.77. The van der Waals surface area contributed by atoms with Gasteiger partial charge >= 0.3 is 0 Å². The Morgan fingerprint density at radius 3 is 2.86 bits per heavy atom. The van der Waals surface area contributed by atoms with Crippen LogP contribution in [0.15, 0.2) is 36.4 Å². The van der Waals surface area contributed by atoms with Crippen LogP contribution in [0.25, 0.3) is 0 Å². The molecule has 7 nitrogen and oxygen atoms in total. The molecule has 4 rings (SSSR count). The van der Waals surface area contributed by atoms with Gasteiger partial charge in [-0.2, -0.15) is 0 Å². The van der Waals surface area contributed by atoms with E-state index in [-0.39, 0.29) is 18.4 Å². The molecular formula is C21H21ClN2O5. The average molecular weight is 417 g/mol. The van der Waals surface area contributed by atoms with E-state index in [1.54, 1.807) is 19.1 Å². The fourth-order valence-electron chi connectivity index (χ4n) is 3.38. The summed E-state index contributed by atoms with van der Waals surface area (Å²) in [5.74, 6) is 1.29. The summed E-state index contributed by atoms with van der Waals surface area (Å²) in [4.78, 5) is 26.4. The van der Waals surface area contributed by atoms with Crippen LogP contribution in [0.3, 0.4) is 0 Å². The van der Waals surface area contributed by atoms with Crippen molar-refractivity contribution in [2.75, 3.05) is 31.2 Å². The highest BCUT2D eigenvalue weighted by atomic mass is 35.5. The zero-order chi connectivity index (χ0) is 20.4. The zero-order valence-corrected chi connectivity index (χ0v) is 16.7. The summed E-state index contributed by atoms with van der Waals surface area (Å²) in [6.45, 7) is 2.98. The summed E-state index contributed by atoms with van der Waals surface area (Å²) >= 11 is 6.25. The Labute approximate surface area is 173 Å². The molecule has 0 spiro atoms. The van der Waals surface area contributed by atoms with Crippen LogP contribution in [0.5, 0.6) is 17.2 Å². The maximum absolute atomic E-state index is 12.5. The quantitative estimate of drug-likeness (QED) is 0.810. The van der Waals surface area contributed by atoms with Crippen LogP contribution in [0, 0.1) is 0 Å². The minimum Gasteiger partial charge on any atom is -0.486 e. The monoisotopic (exact) mass is 416 g/mol. The number of anilines is 1. The SMILES string of the molecule is CC1Oc2ccccc2N(CC(=O)NCCc2cc(Cl)c3c(c2)OCCO3)C1=O. The minimum absolute atomic E-state index is 0.0640. The lowest BCUT2D eigenvalue weighted by atomic mass is 10.1. The van der Waals surface area contributed by atoms with Gasteiger partial charge in [0.05, 0.1) is 10.7 Å². The topological polar surface area (TPSA) is 77.1 Å². The number of carbonyl (C=O) groups is 2. The van der Waals surface area contributed by atoms with Gasteiger partial charge in [0, 0.05) is 6.54 Å². The largest absolute Gasteiger partial charge is 0.486 e. The van der Waals surface area contributed by atoms with Gasteiger partial charge < -0.3 is 19.5 Å². The summed E-state index contributed by atoms with van der Waals surface area (Å²) < 4.78 is 16.7. The number of carbonyl (C=O) groups excluding carboxylic acids is 2. The number of amides is 2. The molecule has 2 aromatic carbocycles. The van der Waals surface area contributed by atoms with E-state index in [0.717, 1.165) is 5.56 Å². The second-order valence-electron chi connectivity index (χ2n) is 6.85. The van der Waals surface area contributed by atoms with Crippen molar-refractivity contribution in [2.24, 2.45) is 0 Å². The number of benzene rings is 2. The Kier molecular flexibility index (Phi) is 5.49. The number of hydrogen-bond acceptors (Lipinski definition) is 5. The molecule has 0 aliphatic carbocycles. The molecular weight excluding hydrogens is 396 g/mol. The van der Waals surface area contributed by atoms with Crippen LogP contribution in [-0.2, 0) is 16.0 Å². The number of rotatable bonds is 5. The molecule has 1 N–H and O–H groups in total. The zero-order valence-electron chi connectivity index (χ0n) is 15.9. The maximum atomic E-state index is 12.5. The van der Waals surface area contributed by atoms with E-state index in [9.17, 15) is 9.59 Å². The van der Waals surface area contributed by atoms with Crippen LogP contribution >= 0.6 is 11.6 Å². The summed E-state index contributed by atoms with van der Waals surface area (Å²) in [6.07, 6.45) is -0.0517. The van der Waals surface area contributed by atoms with Gasteiger partial charge in [0.2, 0.25) is 5.91 Å². The standard InChI is InChI=1S/C21H21ClN2O5/c1-13-21(26)24(16-4-2-3-5-17(16)29-13)12-19(25)23-7-6-14-10-15(22)20-18(11-14)27-8-9-28-20/h2-5,10-11,13H,6-9,12H2,1H3,(H,23,25). The summed E-state index contributed by atoms with van der Waals surface area (Å²) in [5, 5.41) is 3.35. The first-order valence-corrected chi connectivity index (χ1v) is 9.82. The van der Waals surface area contributed by atoms with Gasteiger partial charge in [-0.25, -0.2) is 0 Å². The molecule has 152 valence electrons. The van der Waals surface area contributed by atoms with E-state index in [1.807, 2.05) is 24.3 Å². The predicted molar refractivity (Wildman–Crippen MR) is 108 cm³/mol. The Hall–Kier alpha value is -2.93. The van der Waals surface area contributed by atoms with E-state index in [2.05, 4.69) is 5.32 Å². The molecule has 8 heteroatoms. The van der Waals surface area contributed by atoms with Crippen molar-refractivity contribution in [3.8, 4) is 17.2 Å². The van der Waals surface area contributed by atoms with Gasteiger partial charge in [-0.1, -0.05) is 23.7 Å². The van der Waals surface area contributed by atoms with E-state index >= 15 is 0 Å². The lowest BCUT2D eigenvalue weighted by Crippen LogP contribution is -2.49. The molecule has 0 radical (unpaired) electrons. The smallest absolute Gasteiger partial charge is 0.268 e. The molecule has 0 aromatic heterocycles. The number of fused-ring (bicyclic) bond motifs is 2. The maximum Gasteiger partial charge on any atom is 0.268 e. The molecule has 1 unspecified atom stereocenters. The Bertz CT molecular complexity index is 949. The molecule has 2 aliphatic heterocycles. The highest BCUT2D eigenvalue weighted by Crippen LogP contribution is 2.38. The normalized spacial score (nSPS) is 17.4. The van der Waals surface area contributed by atoms with Crippen molar-refractivity contribution in [2.45, 2.75) is 19.4 Å². The van der Waals surface area contributed by atoms with Crippen molar-refractivity contribution in [1.82, 2.24) is 5.32 Å². The molecule has 0 saturated carbocycles. The Morgan fingerprint density at radius 2 is 2.00 bits per heavy atom. The summed E-state index contributed by atoms with van der Waals surface area (Å²) in [7, 11) is 0. The summed E-state index contributed by atoms with van der Waals surface area (Å²) in [5.41, 5.74) is 1.53. The lowest BCUT2D eigenvalue weighted by Gasteiger charge is -2.32. The van der Waals surface area contributed by atoms with Crippen LogP contribution < -0.4 is 24.4 Å². The van der Waals surface area contributed by atoms with E-state index in [1.165, 1.54) is 4.90 Å². The number of nitrogens with zero attached hydrogens (tertiary/aromatic N) is 1. The first kappa shape index (κ1) is 19.4. The van der Waals surface area contributed by atoms with Crippen molar-refractivity contribution >= 4 is 29.1 Å². The molecule has 0 fully saturated rings. The Balaban J connectivity index is 1.36. The van der Waals surface area contributed by atoms with E-state index in [4.69, 9.17) is 25.8 Å². The fourth-order valence-corrected chi connectivity index (χ4v) is 3.66. The van der Waals surface area contributed by atoms with Gasteiger partial charge in [-0.05, 0) is 43.2 Å². The number of ether oxygens (including phenoxy) is 3. The van der Waals surface area contributed by atoms with Crippen LogP contribution in [-0.4, -0.2) is 44.2 Å². The number of para-hydroxylation sites is 2. The first-order valence-electron chi connectivity index (χ1n) is 9.44. The molecule has 0 saturated heterocycles. The minimum atomic E-state index is -0.627. The average Bonchev–Trinajstić information content (AvgIpc) is 2.71. The molecule has 0 bridgehead atoms. The molecule has 1 atom stereocenters. The Morgan fingerprint density at radius 1 is 1.21 bits per heavy atom. The molecule has 29 heavy (non-hydrogen) atoms. The summed E-state index contributed by atoms with van der Waals surface area (Å²) in [6, 6.07) is 10.9. The van der Waals surface area contributed by atoms with Crippen LogP contribution in [0.1, 0.15) is 12.5 Å². The second-order valence-corrected chi connectivity index (χ2v) is 7.26. The van der Waals surface area contributed by atoms with Gasteiger partial charge in [0.1, 0.15) is 25.5 Å². The second kappa shape index (κ2) is 8.21. The van der Waals surface area contributed by atoms with Gasteiger partial charge in [-0.3, -0.25) is 14.5 Å². The van der Waals surface area contributed by atoms with Crippen molar-refractivity contribution < 1.29 is 23.8 Å². The molecule has 2 heterocycles.